The molecule has 0 radical (unpaired) electrons. The second kappa shape index (κ2) is 9.80. The molecule has 0 N–H and O–H groups in total. The van der Waals surface area contributed by atoms with Crippen molar-refractivity contribution in [3.63, 3.8) is 0 Å². The van der Waals surface area contributed by atoms with Gasteiger partial charge in [-0.15, -0.1) is 0 Å². The van der Waals surface area contributed by atoms with E-state index in [2.05, 4.69) is 19.8 Å². The van der Waals surface area contributed by atoms with Gasteiger partial charge in [0.15, 0.2) is 10.8 Å². The van der Waals surface area contributed by atoms with Crippen LogP contribution >= 0.6 is 34.9 Å². The number of benzene rings is 1. The first-order chi connectivity index (χ1) is 15.7. The van der Waals surface area contributed by atoms with Crippen LogP contribution in [-0.4, -0.2) is 82.3 Å². The van der Waals surface area contributed by atoms with Crippen molar-refractivity contribution >= 4 is 61.9 Å². The number of rotatable bonds is 5. The SMILES string of the molecule is O=C(CSc1ncnc2nc(N3CCSCC3)sc12)N1CCN(c2ccc(F)cc2)CC1. The van der Waals surface area contributed by atoms with Crippen molar-refractivity contribution in [3.8, 4) is 0 Å². The third-order valence-corrected chi connectivity index (χ3v) is 8.74. The van der Waals surface area contributed by atoms with Crippen molar-refractivity contribution in [2.24, 2.45) is 0 Å². The number of anilines is 2. The third-order valence-electron chi connectivity index (χ3n) is 5.59. The van der Waals surface area contributed by atoms with Crippen LogP contribution in [0.2, 0.25) is 0 Å². The van der Waals surface area contributed by atoms with Crippen molar-refractivity contribution in [2.75, 3.05) is 66.3 Å². The molecule has 0 spiro atoms. The standard InChI is InChI=1S/C21H23FN6OS3/c22-15-1-3-16(4-2-15)26-5-7-27(8-6-26)17(29)13-31-20-18-19(23-14-24-20)25-21(32-18)28-9-11-30-12-10-28/h1-4,14H,5-13H2. The lowest BCUT2D eigenvalue weighted by Crippen LogP contribution is -2.49. The first kappa shape index (κ1) is 21.7. The van der Waals surface area contributed by atoms with E-state index in [0.29, 0.717) is 24.5 Å². The fraction of sp³-hybridized carbons (Fsp3) is 0.429. The van der Waals surface area contributed by atoms with Crippen LogP contribution in [0.25, 0.3) is 10.3 Å². The molecule has 1 amide bonds. The highest BCUT2D eigenvalue weighted by atomic mass is 32.2. The van der Waals surface area contributed by atoms with E-state index in [1.807, 2.05) is 16.7 Å². The Bertz CT molecular complexity index is 1080. The van der Waals surface area contributed by atoms with Crippen molar-refractivity contribution in [3.05, 3.63) is 36.4 Å². The van der Waals surface area contributed by atoms with E-state index in [4.69, 9.17) is 4.98 Å². The Labute approximate surface area is 198 Å². The van der Waals surface area contributed by atoms with Gasteiger partial charge < -0.3 is 14.7 Å². The average molecular weight is 491 g/mol. The number of thioether (sulfide) groups is 2. The number of thiazole rings is 1. The third kappa shape index (κ3) is 4.79. The second-order valence-corrected chi connectivity index (χ2v) is 10.7. The summed E-state index contributed by atoms with van der Waals surface area (Å²) in [5.74, 6) is 2.45. The van der Waals surface area contributed by atoms with Gasteiger partial charge in [0.05, 0.1) is 5.75 Å². The van der Waals surface area contributed by atoms with E-state index in [1.54, 1.807) is 23.5 Å². The Morgan fingerprint density at radius 1 is 1.00 bits per heavy atom. The molecule has 2 aliphatic heterocycles. The van der Waals surface area contributed by atoms with Crippen LogP contribution in [0.15, 0.2) is 35.6 Å². The van der Waals surface area contributed by atoms with E-state index in [-0.39, 0.29) is 11.7 Å². The molecule has 11 heteroatoms. The average Bonchev–Trinajstić information content (AvgIpc) is 3.29. The molecule has 1 aromatic carbocycles. The lowest BCUT2D eigenvalue weighted by Gasteiger charge is -2.36. The van der Waals surface area contributed by atoms with Crippen LogP contribution in [0.5, 0.6) is 0 Å². The van der Waals surface area contributed by atoms with Gasteiger partial charge in [0, 0.05) is 56.5 Å². The largest absolute Gasteiger partial charge is 0.368 e. The molecule has 0 unspecified atom stereocenters. The summed E-state index contributed by atoms with van der Waals surface area (Å²) in [5, 5.41) is 1.81. The summed E-state index contributed by atoms with van der Waals surface area (Å²) in [6, 6.07) is 6.52. The number of hydrogen-bond acceptors (Lipinski definition) is 9. The van der Waals surface area contributed by atoms with Crippen LogP contribution in [0, 0.1) is 5.82 Å². The number of piperazine rings is 1. The molecule has 0 bridgehead atoms. The van der Waals surface area contributed by atoms with E-state index in [1.165, 1.54) is 30.2 Å². The van der Waals surface area contributed by atoms with Crippen LogP contribution < -0.4 is 9.80 Å². The first-order valence-electron chi connectivity index (χ1n) is 10.5. The lowest BCUT2D eigenvalue weighted by molar-refractivity contribution is -0.128. The maximum absolute atomic E-state index is 13.2. The molecule has 3 aromatic rings. The second-order valence-electron chi connectivity index (χ2n) is 7.56. The Morgan fingerprint density at radius 2 is 1.75 bits per heavy atom. The van der Waals surface area contributed by atoms with Gasteiger partial charge in [0.25, 0.3) is 0 Å². The molecule has 168 valence electrons. The number of nitrogens with zero attached hydrogens (tertiary/aromatic N) is 6. The van der Waals surface area contributed by atoms with E-state index in [0.717, 1.165) is 58.2 Å². The van der Waals surface area contributed by atoms with Crippen LogP contribution in [0.3, 0.4) is 0 Å². The number of carbonyl (C=O) groups excluding carboxylic acids is 1. The van der Waals surface area contributed by atoms with Gasteiger partial charge in [-0.2, -0.15) is 16.7 Å². The maximum Gasteiger partial charge on any atom is 0.233 e. The summed E-state index contributed by atoms with van der Waals surface area (Å²) in [7, 11) is 0. The Hall–Kier alpha value is -2.11. The molecular formula is C21H23FN6OS3. The van der Waals surface area contributed by atoms with E-state index < -0.39 is 0 Å². The number of hydrogen-bond donors (Lipinski definition) is 0. The smallest absolute Gasteiger partial charge is 0.233 e. The molecule has 0 aliphatic carbocycles. The normalized spacial score (nSPS) is 17.2. The number of amides is 1. The van der Waals surface area contributed by atoms with E-state index >= 15 is 0 Å². The van der Waals surface area contributed by atoms with Crippen LogP contribution in [0.4, 0.5) is 15.2 Å². The zero-order valence-corrected chi connectivity index (χ0v) is 19.9. The number of carbonyl (C=O) groups is 1. The Kier molecular flexibility index (Phi) is 6.65. The fourth-order valence-electron chi connectivity index (χ4n) is 3.80. The van der Waals surface area contributed by atoms with Crippen molar-refractivity contribution in [1.29, 1.82) is 0 Å². The van der Waals surface area contributed by atoms with Crippen LogP contribution in [-0.2, 0) is 4.79 Å². The molecule has 2 fully saturated rings. The quantitative estimate of drug-likeness (QED) is 0.399. The Balaban J connectivity index is 1.19. The summed E-state index contributed by atoms with van der Waals surface area (Å²) in [6.45, 7) is 4.81. The molecule has 0 saturated carbocycles. The van der Waals surface area contributed by atoms with Crippen molar-refractivity contribution < 1.29 is 9.18 Å². The molecule has 7 nitrogen and oxygen atoms in total. The molecular weight excluding hydrogens is 467 g/mol. The monoisotopic (exact) mass is 490 g/mol. The topological polar surface area (TPSA) is 65.5 Å². The van der Waals surface area contributed by atoms with Gasteiger partial charge in [0.2, 0.25) is 5.91 Å². The fourth-order valence-corrected chi connectivity index (χ4v) is 6.75. The minimum Gasteiger partial charge on any atom is -0.368 e. The molecule has 5 rings (SSSR count). The summed E-state index contributed by atoms with van der Waals surface area (Å²) < 4.78 is 14.1. The van der Waals surface area contributed by atoms with Crippen molar-refractivity contribution in [1.82, 2.24) is 19.9 Å². The molecule has 2 saturated heterocycles. The minimum atomic E-state index is -0.235. The van der Waals surface area contributed by atoms with Gasteiger partial charge in [-0.3, -0.25) is 4.79 Å². The number of fused-ring (bicyclic) bond motifs is 1. The van der Waals surface area contributed by atoms with Gasteiger partial charge in [0.1, 0.15) is 21.9 Å². The molecule has 4 heterocycles. The predicted octanol–water partition coefficient (Wildman–Crippen LogP) is 3.22. The Morgan fingerprint density at radius 3 is 2.50 bits per heavy atom. The highest BCUT2D eigenvalue weighted by molar-refractivity contribution is 8.00. The summed E-state index contributed by atoms with van der Waals surface area (Å²) in [4.78, 5) is 32.7. The highest BCUT2D eigenvalue weighted by Gasteiger charge is 2.23. The maximum atomic E-state index is 13.2. The number of aromatic nitrogens is 3. The lowest BCUT2D eigenvalue weighted by atomic mass is 10.2. The first-order valence-corrected chi connectivity index (χ1v) is 13.5. The zero-order valence-electron chi connectivity index (χ0n) is 17.4. The number of halogens is 1. The minimum absolute atomic E-state index is 0.110. The molecule has 2 aromatic heterocycles. The highest BCUT2D eigenvalue weighted by Crippen LogP contribution is 2.34. The van der Waals surface area contributed by atoms with Gasteiger partial charge >= 0.3 is 0 Å². The zero-order chi connectivity index (χ0) is 21.9. The van der Waals surface area contributed by atoms with Gasteiger partial charge in [-0.25, -0.2) is 14.4 Å². The van der Waals surface area contributed by atoms with Gasteiger partial charge in [-0.1, -0.05) is 23.1 Å². The molecule has 32 heavy (non-hydrogen) atoms. The summed E-state index contributed by atoms with van der Waals surface area (Å²) in [5.41, 5.74) is 1.70. The van der Waals surface area contributed by atoms with E-state index in [9.17, 15) is 9.18 Å². The van der Waals surface area contributed by atoms with Crippen LogP contribution in [0.1, 0.15) is 0 Å². The molecule has 0 atom stereocenters. The summed E-state index contributed by atoms with van der Waals surface area (Å²) in [6.07, 6.45) is 1.53. The molecule has 2 aliphatic rings. The predicted molar refractivity (Wildman–Crippen MR) is 131 cm³/mol. The summed E-state index contributed by atoms with van der Waals surface area (Å²) >= 11 is 5.05. The van der Waals surface area contributed by atoms with Crippen molar-refractivity contribution in [2.45, 2.75) is 5.03 Å². The van der Waals surface area contributed by atoms with Gasteiger partial charge in [-0.05, 0) is 24.3 Å².